The van der Waals surface area contributed by atoms with E-state index in [2.05, 4.69) is 5.32 Å². The average molecular weight is 240 g/mol. The van der Waals surface area contributed by atoms with Crippen molar-refractivity contribution >= 4 is 17.6 Å². The molecule has 0 aromatic heterocycles. The predicted octanol–water partition coefficient (Wildman–Crippen LogP) is 2.29. The summed E-state index contributed by atoms with van der Waals surface area (Å²) in [5, 5.41) is 12.9. The maximum atomic E-state index is 10.9. The zero-order valence-electron chi connectivity index (χ0n) is 8.87. The van der Waals surface area contributed by atoms with E-state index < -0.39 is 11.4 Å². The summed E-state index contributed by atoms with van der Waals surface area (Å²) in [5.41, 5.74) is 0.623. The molecule has 1 aliphatic rings. The largest absolute Gasteiger partial charge is 0.481 e. The normalized spacial score (nSPS) is 17.1. The molecule has 1 saturated carbocycles. The minimum absolute atomic E-state index is 0.494. The molecule has 0 saturated heterocycles. The number of aliphatic carboxylic acids is 1. The van der Waals surface area contributed by atoms with Gasteiger partial charge in [0.2, 0.25) is 0 Å². The van der Waals surface area contributed by atoms with Crippen LogP contribution in [0.4, 0.5) is 0 Å². The molecule has 0 heterocycles. The molecule has 0 spiro atoms. The van der Waals surface area contributed by atoms with Gasteiger partial charge in [0.15, 0.2) is 0 Å². The van der Waals surface area contributed by atoms with Crippen molar-refractivity contribution < 1.29 is 9.90 Å². The molecule has 4 heteroatoms. The third-order valence-corrected chi connectivity index (χ3v) is 3.26. The predicted molar refractivity (Wildman–Crippen MR) is 62.5 cm³/mol. The van der Waals surface area contributed by atoms with E-state index in [0.29, 0.717) is 18.1 Å². The van der Waals surface area contributed by atoms with Crippen LogP contribution in [0.25, 0.3) is 0 Å². The Hall–Kier alpha value is -1.06. The molecule has 0 aliphatic heterocycles. The lowest BCUT2D eigenvalue weighted by molar-refractivity contribution is -0.143. The lowest BCUT2D eigenvalue weighted by atomic mass is 10.1. The van der Waals surface area contributed by atoms with Gasteiger partial charge in [0, 0.05) is 18.1 Å². The minimum Gasteiger partial charge on any atom is -0.481 e. The Labute approximate surface area is 99.4 Å². The van der Waals surface area contributed by atoms with Gasteiger partial charge in [-0.15, -0.1) is 0 Å². The quantitative estimate of drug-likeness (QED) is 0.829. The summed E-state index contributed by atoms with van der Waals surface area (Å²) in [6, 6.07) is 7.55. The summed E-state index contributed by atoms with van der Waals surface area (Å²) < 4.78 is 0. The zero-order chi connectivity index (χ0) is 11.6. The van der Waals surface area contributed by atoms with E-state index in [4.69, 9.17) is 16.7 Å². The first kappa shape index (κ1) is 11.4. The number of carboxylic acids is 1. The van der Waals surface area contributed by atoms with Gasteiger partial charge in [-0.2, -0.15) is 0 Å². The Morgan fingerprint density at radius 1 is 1.38 bits per heavy atom. The van der Waals surface area contributed by atoms with Gasteiger partial charge in [0.1, 0.15) is 0 Å². The Bertz CT molecular complexity index is 385. The van der Waals surface area contributed by atoms with E-state index in [9.17, 15) is 4.79 Å². The van der Waals surface area contributed by atoms with Crippen molar-refractivity contribution in [2.75, 3.05) is 6.54 Å². The van der Waals surface area contributed by atoms with Gasteiger partial charge < -0.3 is 10.4 Å². The highest BCUT2D eigenvalue weighted by molar-refractivity contribution is 6.30. The number of carboxylic acid groups (broad SMARTS) is 1. The second kappa shape index (κ2) is 4.44. The van der Waals surface area contributed by atoms with Gasteiger partial charge in [0.05, 0.1) is 5.41 Å². The topological polar surface area (TPSA) is 49.3 Å². The smallest absolute Gasteiger partial charge is 0.310 e. The van der Waals surface area contributed by atoms with E-state index in [1.54, 1.807) is 0 Å². The summed E-state index contributed by atoms with van der Waals surface area (Å²) >= 11 is 5.77. The molecule has 16 heavy (non-hydrogen) atoms. The molecular weight excluding hydrogens is 226 g/mol. The highest BCUT2D eigenvalue weighted by Crippen LogP contribution is 2.45. The van der Waals surface area contributed by atoms with Crippen molar-refractivity contribution in [1.29, 1.82) is 0 Å². The first-order valence-corrected chi connectivity index (χ1v) is 5.69. The van der Waals surface area contributed by atoms with E-state index in [0.717, 1.165) is 18.4 Å². The van der Waals surface area contributed by atoms with Gasteiger partial charge in [-0.1, -0.05) is 23.7 Å². The van der Waals surface area contributed by atoms with E-state index in [1.165, 1.54) is 0 Å². The molecule has 1 aromatic rings. The molecule has 2 rings (SSSR count). The lowest BCUT2D eigenvalue weighted by Gasteiger charge is -2.10. The number of hydrogen-bond donors (Lipinski definition) is 2. The molecule has 0 amide bonds. The highest BCUT2D eigenvalue weighted by atomic mass is 35.5. The molecule has 0 unspecified atom stereocenters. The summed E-state index contributed by atoms with van der Waals surface area (Å²) in [7, 11) is 0. The Morgan fingerprint density at radius 2 is 2.00 bits per heavy atom. The van der Waals surface area contributed by atoms with Crippen LogP contribution in [0.5, 0.6) is 0 Å². The third kappa shape index (κ3) is 2.54. The number of rotatable bonds is 5. The second-order valence-corrected chi connectivity index (χ2v) is 4.75. The summed E-state index contributed by atoms with van der Waals surface area (Å²) in [4.78, 5) is 10.9. The monoisotopic (exact) mass is 239 g/mol. The number of carbonyl (C=O) groups is 1. The van der Waals surface area contributed by atoms with E-state index in [-0.39, 0.29) is 0 Å². The fourth-order valence-corrected chi connectivity index (χ4v) is 1.79. The molecule has 1 fully saturated rings. The van der Waals surface area contributed by atoms with Crippen molar-refractivity contribution in [3.05, 3.63) is 34.9 Å². The van der Waals surface area contributed by atoms with Crippen LogP contribution in [0.3, 0.4) is 0 Å². The van der Waals surface area contributed by atoms with Crippen molar-refractivity contribution in [1.82, 2.24) is 5.32 Å². The fourth-order valence-electron chi connectivity index (χ4n) is 1.67. The molecule has 1 aliphatic carbocycles. The molecule has 2 N–H and O–H groups in total. The first-order chi connectivity index (χ1) is 7.62. The number of hydrogen-bond acceptors (Lipinski definition) is 2. The van der Waals surface area contributed by atoms with Crippen molar-refractivity contribution in [2.45, 2.75) is 19.4 Å². The van der Waals surface area contributed by atoms with Crippen LogP contribution in [0.1, 0.15) is 18.4 Å². The maximum absolute atomic E-state index is 10.9. The van der Waals surface area contributed by atoms with Crippen LogP contribution in [0, 0.1) is 5.41 Å². The van der Waals surface area contributed by atoms with Crippen LogP contribution < -0.4 is 5.32 Å². The van der Waals surface area contributed by atoms with Gasteiger partial charge in [-0.3, -0.25) is 4.79 Å². The molecular formula is C12H14ClNO2. The Morgan fingerprint density at radius 3 is 2.50 bits per heavy atom. The summed E-state index contributed by atoms with van der Waals surface area (Å²) in [5.74, 6) is -0.684. The molecule has 0 radical (unpaired) electrons. The standard InChI is InChI=1S/C12H14ClNO2/c13-10-3-1-9(2-4-10)7-14-8-12(5-6-12)11(15)16/h1-4,14H,5-8H2,(H,15,16). The third-order valence-electron chi connectivity index (χ3n) is 3.01. The zero-order valence-corrected chi connectivity index (χ0v) is 9.63. The van der Waals surface area contributed by atoms with Crippen LogP contribution in [-0.2, 0) is 11.3 Å². The summed E-state index contributed by atoms with van der Waals surface area (Å²) in [6.45, 7) is 1.23. The number of benzene rings is 1. The number of nitrogens with one attached hydrogen (secondary N) is 1. The van der Waals surface area contributed by atoms with Gasteiger partial charge in [0.25, 0.3) is 0 Å². The first-order valence-electron chi connectivity index (χ1n) is 5.31. The van der Waals surface area contributed by atoms with Gasteiger partial charge in [-0.05, 0) is 30.5 Å². The lowest BCUT2D eigenvalue weighted by Crippen LogP contribution is -2.29. The van der Waals surface area contributed by atoms with Gasteiger partial charge >= 0.3 is 5.97 Å². The SMILES string of the molecule is O=C(O)C1(CNCc2ccc(Cl)cc2)CC1. The van der Waals surface area contributed by atoms with Crippen molar-refractivity contribution in [2.24, 2.45) is 5.41 Å². The van der Waals surface area contributed by atoms with Crippen LogP contribution in [0.2, 0.25) is 5.02 Å². The summed E-state index contributed by atoms with van der Waals surface area (Å²) in [6.07, 6.45) is 1.58. The number of halogens is 1. The average Bonchev–Trinajstić information content (AvgIpc) is 3.02. The maximum Gasteiger partial charge on any atom is 0.310 e. The van der Waals surface area contributed by atoms with Crippen LogP contribution in [-0.4, -0.2) is 17.6 Å². The molecule has 86 valence electrons. The second-order valence-electron chi connectivity index (χ2n) is 4.32. The molecule has 0 bridgehead atoms. The van der Waals surface area contributed by atoms with Crippen LogP contribution in [0.15, 0.2) is 24.3 Å². The molecule has 0 atom stereocenters. The van der Waals surface area contributed by atoms with Crippen molar-refractivity contribution in [3.8, 4) is 0 Å². The van der Waals surface area contributed by atoms with E-state index in [1.807, 2.05) is 24.3 Å². The minimum atomic E-state index is -0.684. The fraction of sp³-hybridized carbons (Fsp3) is 0.417. The highest BCUT2D eigenvalue weighted by Gasteiger charge is 2.49. The Balaban J connectivity index is 1.80. The van der Waals surface area contributed by atoms with Gasteiger partial charge in [-0.25, -0.2) is 0 Å². The Kier molecular flexibility index (Phi) is 3.17. The van der Waals surface area contributed by atoms with Crippen molar-refractivity contribution in [3.63, 3.8) is 0 Å². The van der Waals surface area contributed by atoms with Crippen LogP contribution >= 0.6 is 11.6 Å². The molecule has 1 aromatic carbocycles. The van der Waals surface area contributed by atoms with E-state index >= 15 is 0 Å². The molecule has 3 nitrogen and oxygen atoms in total.